The maximum atomic E-state index is 11.6. The molecule has 0 aliphatic heterocycles. The first-order valence-corrected chi connectivity index (χ1v) is 7.30. The molecule has 25 heavy (non-hydrogen) atoms. The van der Waals surface area contributed by atoms with Gasteiger partial charge in [-0.1, -0.05) is 0 Å². The second-order valence-corrected chi connectivity index (χ2v) is 5.24. The van der Waals surface area contributed by atoms with Gasteiger partial charge in [-0.05, 0) is 42.5 Å². The topological polar surface area (TPSA) is 109 Å². The van der Waals surface area contributed by atoms with E-state index < -0.39 is 11.9 Å². The van der Waals surface area contributed by atoms with Crippen LogP contribution < -0.4 is 10.1 Å². The van der Waals surface area contributed by atoms with Crippen LogP contribution in [0.4, 0.5) is 11.4 Å². The van der Waals surface area contributed by atoms with Crippen LogP contribution in [0.3, 0.4) is 0 Å². The van der Waals surface area contributed by atoms with Crippen LogP contribution >= 0.6 is 0 Å². The van der Waals surface area contributed by atoms with Crippen molar-refractivity contribution < 1.29 is 24.5 Å². The second-order valence-electron chi connectivity index (χ2n) is 5.24. The summed E-state index contributed by atoms with van der Waals surface area (Å²) >= 11 is 0. The SMILES string of the molecule is COc1ccc(Nc2c(C(=O)O)cnc3ccc(C(=O)O)cc23)cc1. The van der Waals surface area contributed by atoms with Crippen molar-refractivity contribution >= 4 is 34.2 Å². The Morgan fingerprint density at radius 1 is 1.04 bits per heavy atom. The minimum Gasteiger partial charge on any atom is -0.497 e. The molecule has 0 saturated heterocycles. The Hall–Kier alpha value is -3.61. The Bertz CT molecular complexity index is 962. The zero-order chi connectivity index (χ0) is 18.0. The van der Waals surface area contributed by atoms with E-state index in [9.17, 15) is 19.8 Å². The number of pyridine rings is 1. The van der Waals surface area contributed by atoms with Gasteiger partial charge >= 0.3 is 11.9 Å². The molecule has 3 aromatic rings. The fourth-order valence-corrected chi connectivity index (χ4v) is 2.44. The molecule has 0 aliphatic carbocycles. The summed E-state index contributed by atoms with van der Waals surface area (Å²) in [5.74, 6) is -1.60. The number of aromatic nitrogens is 1. The zero-order valence-corrected chi connectivity index (χ0v) is 13.2. The summed E-state index contributed by atoms with van der Waals surface area (Å²) < 4.78 is 5.10. The highest BCUT2D eigenvalue weighted by atomic mass is 16.5. The number of hydrogen-bond acceptors (Lipinski definition) is 5. The molecule has 3 N–H and O–H groups in total. The molecule has 2 aromatic carbocycles. The van der Waals surface area contributed by atoms with Crippen LogP contribution in [0.2, 0.25) is 0 Å². The van der Waals surface area contributed by atoms with Gasteiger partial charge in [0.2, 0.25) is 0 Å². The number of anilines is 2. The van der Waals surface area contributed by atoms with E-state index in [1.165, 1.54) is 18.3 Å². The monoisotopic (exact) mass is 338 g/mol. The molecule has 0 atom stereocenters. The van der Waals surface area contributed by atoms with Gasteiger partial charge in [-0.25, -0.2) is 9.59 Å². The lowest BCUT2D eigenvalue weighted by atomic mass is 10.1. The zero-order valence-electron chi connectivity index (χ0n) is 13.2. The molecule has 0 spiro atoms. The lowest BCUT2D eigenvalue weighted by molar-refractivity contribution is 0.0687. The smallest absolute Gasteiger partial charge is 0.339 e. The summed E-state index contributed by atoms with van der Waals surface area (Å²) in [5, 5.41) is 22.1. The largest absolute Gasteiger partial charge is 0.497 e. The lowest BCUT2D eigenvalue weighted by Crippen LogP contribution is -2.05. The first kappa shape index (κ1) is 16.3. The number of aromatic carboxylic acids is 2. The molecular formula is C18H14N2O5. The van der Waals surface area contributed by atoms with Crippen molar-refractivity contribution in [3.05, 3.63) is 59.8 Å². The molecule has 0 aliphatic rings. The minimum absolute atomic E-state index is 0.0501. The number of ether oxygens (including phenoxy) is 1. The highest BCUT2D eigenvalue weighted by Gasteiger charge is 2.16. The van der Waals surface area contributed by atoms with E-state index in [1.54, 1.807) is 37.4 Å². The molecule has 7 heteroatoms. The third kappa shape index (κ3) is 3.20. The Labute approximate surface area is 142 Å². The van der Waals surface area contributed by atoms with Crippen molar-refractivity contribution in [2.45, 2.75) is 0 Å². The normalized spacial score (nSPS) is 10.4. The van der Waals surface area contributed by atoms with Crippen LogP contribution in [0.15, 0.2) is 48.7 Å². The van der Waals surface area contributed by atoms with E-state index in [-0.39, 0.29) is 16.8 Å². The molecule has 7 nitrogen and oxygen atoms in total. The molecule has 3 rings (SSSR count). The molecule has 0 fully saturated rings. The van der Waals surface area contributed by atoms with Crippen LogP contribution in [0, 0.1) is 0 Å². The molecule has 0 saturated carbocycles. The van der Waals surface area contributed by atoms with Gasteiger partial charge in [-0.2, -0.15) is 0 Å². The van der Waals surface area contributed by atoms with Crippen molar-refractivity contribution in [3.63, 3.8) is 0 Å². The van der Waals surface area contributed by atoms with Gasteiger partial charge in [0.25, 0.3) is 0 Å². The summed E-state index contributed by atoms with van der Waals surface area (Å²) in [6.45, 7) is 0. The van der Waals surface area contributed by atoms with Crippen LogP contribution in [0.5, 0.6) is 5.75 Å². The maximum Gasteiger partial charge on any atom is 0.339 e. The summed E-state index contributed by atoms with van der Waals surface area (Å²) in [7, 11) is 1.55. The Morgan fingerprint density at radius 2 is 1.76 bits per heavy atom. The molecule has 126 valence electrons. The fourth-order valence-electron chi connectivity index (χ4n) is 2.44. The van der Waals surface area contributed by atoms with Crippen LogP contribution in [-0.2, 0) is 0 Å². The Balaban J connectivity index is 2.17. The van der Waals surface area contributed by atoms with Crippen molar-refractivity contribution in [1.29, 1.82) is 0 Å². The standard InChI is InChI=1S/C18H14N2O5/c1-25-12-5-3-11(4-6-12)20-16-13-8-10(17(21)22)2-7-15(13)19-9-14(16)18(23)24/h2-9H,1H3,(H,19,20)(H,21,22)(H,23,24). The minimum atomic E-state index is -1.16. The predicted octanol–water partition coefficient (Wildman–Crippen LogP) is 3.38. The second kappa shape index (κ2) is 6.48. The van der Waals surface area contributed by atoms with Gasteiger partial charge in [-0.3, -0.25) is 4.98 Å². The van der Waals surface area contributed by atoms with Crippen molar-refractivity contribution in [2.75, 3.05) is 12.4 Å². The number of nitrogens with zero attached hydrogens (tertiary/aromatic N) is 1. The number of nitrogens with one attached hydrogen (secondary N) is 1. The molecule has 0 radical (unpaired) electrons. The van der Waals surface area contributed by atoms with Crippen LogP contribution in [0.25, 0.3) is 10.9 Å². The number of carbonyl (C=O) groups is 2. The number of hydrogen-bond donors (Lipinski definition) is 3. The van der Waals surface area contributed by atoms with Gasteiger partial charge in [0, 0.05) is 17.3 Å². The first-order valence-electron chi connectivity index (χ1n) is 7.30. The van der Waals surface area contributed by atoms with Crippen molar-refractivity contribution in [2.24, 2.45) is 0 Å². The maximum absolute atomic E-state index is 11.6. The molecule has 0 bridgehead atoms. The van der Waals surface area contributed by atoms with E-state index >= 15 is 0 Å². The quantitative estimate of drug-likeness (QED) is 0.654. The molecule has 1 aromatic heterocycles. The number of carboxylic acid groups (broad SMARTS) is 2. The summed E-state index contributed by atoms with van der Waals surface area (Å²) in [5.41, 5.74) is 1.41. The molecule has 1 heterocycles. The molecule has 0 unspecified atom stereocenters. The van der Waals surface area contributed by atoms with Gasteiger partial charge in [-0.15, -0.1) is 0 Å². The summed E-state index contributed by atoms with van der Waals surface area (Å²) in [6, 6.07) is 11.3. The number of carboxylic acids is 2. The van der Waals surface area contributed by atoms with Crippen LogP contribution in [-0.4, -0.2) is 34.2 Å². The lowest BCUT2D eigenvalue weighted by Gasteiger charge is -2.13. The van der Waals surface area contributed by atoms with Gasteiger partial charge in [0.05, 0.1) is 23.9 Å². The van der Waals surface area contributed by atoms with E-state index in [1.807, 2.05) is 0 Å². The van der Waals surface area contributed by atoms with Crippen LogP contribution in [0.1, 0.15) is 20.7 Å². The molecule has 0 amide bonds. The number of methoxy groups -OCH3 is 1. The summed E-state index contributed by atoms with van der Waals surface area (Å²) in [6.07, 6.45) is 1.25. The van der Waals surface area contributed by atoms with Crippen molar-refractivity contribution in [3.8, 4) is 5.75 Å². The third-order valence-corrected chi connectivity index (χ3v) is 3.70. The Morgan fingerprint density at radius 3 is 2.36 bits per heavy atom. The predicted molar refractivity (Wildman–Crippen MR) is 91.9 cm³/mol. The molecular weight excluding hydrogens is 324 g/mol. The average Bonchev–Trinajstić information content (AvgIpc) is 2.61. The summed E-state index contributed by atoms with van der Waals surface area (Å²) in [4.78, 5) is 26.9. The number of benzene rings is 2. The third-order valence-electron chi connectivity index (χ3n) is 3.70. The van der Waals surface area contributed by atoms with Crippen molar-refractivity contribution in [1.82, 2.24) is 4.98 Å². The van der Waals surface area contributed by atoms with Gasteiger partial charge in [0.15, 0.2) is 0 Å². The van der Waals surface area contributed by atoms with Gasteiger partial charge < -0.3 is 20.3 Å². The Kier molecular flexibility index (Phi) is 4.21. The number of fused-ring (bicyclic) bond motifs is 1. The highest BCUT2D eigenvalue weighted by molar-refractivity contribution is 6.07. The highest BCUT2D eigenvalue weighted by Crippen LogP contribution is 2.30. The van der Waals surface area contributed by atoms with E-state index in [0.29, 0.717) is 22.3 Å². The fraction of sp³-hybridized carbons (Fsp3) is 0.0556. The van der Waals surface area contributed by atoms with E-state index in [0.717, 1.165) is 0 Å². The van der Waals surface area contributed by atoms with E-state index in [2.05, 4.69) is 10.3 Å². The number of rotatable bonds is 5. The average molecular weight is 338 g/mol. The van der Waals surface area contributed by atoms with Gasteiger partial charge in [0.1, 0.15) is 11.3 Å². The first-order chi connectivity index (χ1) is 12.0. The van der Waals surface area contributed by atoms with E-state index in [4.69, 9.17) is 4.74 Å².